The molecular formula is C16H21FN4O3S. The van der Waals surface area contributed by atoms with E-state index in [0.717, 1.165) is 4.31 Å². The molecule has 2 rings (SSSR count). The summed E-state index contributed by atoms with van der Waals surface area (Å²) in [5, 5.41) is 6.82. The first-order valence-electron chi connectivity index (χ1n) is 7.65. The van der Waals surface area contributed by atoms with Crippen LogP contribution in [0.1, 0.15) is 17.8 Å². The van der Waals surface area contributed by atoms with E-state index in [2.05, 4.69) is 10.4 Å². The third-order valence-electron chi connectivity index (χ3n) is 3.71. The van der Waals surface area contributed by atoms with Crippen molar-refractivity contribution in [1.29, 1.82) is 0 Å². The molecule has 0 aliphatic rings. The van der Waals surface area contributed by atoms with Crippen molar-refractivity contribution in [1.82, 2.24) is 14.1 Å². The van der Waals surface area contributed by atoms with Crippen LogP contribution in [0.5, 0.6) is 0 Å². The summed E-state index contributed by atoms with van der Waals surface area (Å²) in [6, 6.07) is 5.61. The van der Waals surface area contributed by atoms with Crippen molar-refractivity contribution in [2.75, 3.05) is 19.4 Å². The number of benzene rings is 1. The molecule has 0 atom stereocenters. The van der Waals surface area contributed by atoms with Gasteiger partial charge in [0.25, 0.3) is 0 Å². The molecule has 136 valence electrons. The van der Waals surface area contributed by atoms with Crippen molar-refractivity contribution in [3.8, 4) is 0 Å². The first kappa shape index (κ1) is 19.1. The van der Waals surface area contributed by atoms with Crippen molar-refractivity contribution in [3.05, 3.63) is 41.5 Å². The quantitative estimate of drug-likeness (QED) is 0.844. The number of halogens is 1. The molecule has 7 nitrogen and oxygen atoms in total. The van der Waals surface area contributed by atoms with Gasteiger partial charge < -0.3 is 5.32 Å². The van der Waals surface area contributed by atoms with Crippen LogP contribution in [0.4, 0.5) is 10.1 Å². The van der Waals surface area contributed by atoms with Gasteiger partial charge in [0.05, 0.1) is 17.9 Å². The fourth-order valence-corrected chi connectivity index (χ4v) is 3.71. The van der Waals surface area contributed by atoms with Gasteiger partial charge in [0.1, 0.15) is 10.7 Å². The van der Waals surface area contributed by atoms with Crippen LogP contribution in [0, 0.1) is 19.7 Å². The summed E-state index contributed by atoms with van der Waals surface area (Å²) in [7, 11) is -0.689. The Bertz CT molecular complexity index is 891. The molecule has 0 fully saturated rings. The SMILES string of the molecule is Cc1nn(CCC(=O)Nc2cccc(F)c2)c(C)c1S(=O)(=O)N(C)C. The van der Waals surface area contributed by atoms with Crippen molar-refractivity contribution in [2.45, 2.75) is 31.7 Å². The smallest absolute Gasteiger partial charge is 0.246 e. The average Bonchev–Trinajstić information content (AvgIpc) is 2.79. The molecule has 1 aromatic heterocycles. The molecule has 0 aliphatic heterocycles. The zero-order valence-electron chi connectivity index (χ0n) is 14.6. The van der Waals surface area contributed by atoms with E-state index in [1.165, 1.54) is 37.0 Å². The first-order valence-corrected chi connectivity index (χ1v) is 9.09. The van der Waals surface area contributed by atoms with Crippen LogP contribution in [-0.2, 0) is 21.4 Å². The Kier molecular flexibility index (Phi) is 5.58. The maximum Gasteiger partial charge on any atom is 0.246 e. The number of anilines is 1. The number of sulfonamides is 1. The van der Waals surface area contributed by atoms with E-state index in [9.17, 15) is 17.6 Å². The van der Waals surface area contributed by atoms with Crippen LogP contribution >= 0.6 is 0 Å². The summed E-state index contributed by atoms with van der Waals surface area (Å²) in [6.45, 7) is 3.49. The van der Waals surface area contributed by atoms with E-state index < -0.39 is 15.8 Å². The fraction of sp³-hybridized carbons (Fsp3) is 0.375. The Balaban J connectivity index is 2.10. The summed E-state index contributed by atoms with van der Waals surface area (Å²) in [6.07, 6.45) is 0.0833. The minimum Gasteiger partial charge on any atom is -0.326 e. The number of aryl methyl sites for hydroxylation is 2. The maximum atomic E-state index is 13.1. The molecule has 1 aromatic carbocycles. The van der Waals surface area contributed by atoms with E-state index in [-0.39, 0.29) is 23.8 Å². The van der Waals surface area contributed by atoms with Gasteiger partial charge in [-0.1, -0.05) is 6.07 Å². The number of nitrogens with one attached hydrogen (secondary N) is 1. The lowest BCUT2D eigenvalue weighted by atomic mass is 10.3. The monoisotopic (exact) mass is 368 g/mol. The number of hydrogen-bond donors (Lipinski definition) is 1. The van der Waals surface area contributed by atoms with Crippen LogP contribution in [0.3, 0.4) is 0 Å². The second-order valence-corrected chi connectivity index (χ2v) is 7.91. The third kappa shape index (κ3) is 4.23. The number of carbonyl (C=O) groups is 1. The number of hydrogen-bond acceptors (Lipinski definition) is 4. The van der Waals surface area contributed by atoms with E-state index in [4.69, 9.17) is 0 Å². The highest BCUT2D eigenvalue weighted by Gasteiger charge is 2.26. The highest BCUT2D eigenvalue weighted by atomic mass is 32.2. The second-order valence-electron chi connectivity index (χ2n) is 5.82. The fourth-order valence-electron chi connectivity index (χ4n) is 2.45. The van der Waals surface area contributed by atoms with E-state index in [1.54, 1.807) is 19.9 Å². The van der Waals surface area contributed by atoms with Gasteiger partial charge >= 0.3 is 0 Å². The molecule has 0 unspecified atom stereocenters. The van der Waals surface area contributed by atoms with Crippen LogP contribution in [0.2, 0.25) is 0 Å². The third-order valence-corrected chi connectivity index (χ3v) is 5.78. The van der Waals surface area contributed by atoms with Gasteiger partial charge in [0.2, 0.25) is 15.9 Å². The molecule has 1 amide bonds. The summed E-state index contributed by atoms with van der Waals surface area (Å²) >= 11 is 0. The minimum atomic E-state index is -3.60. The van der Waals surface area contributed by atoms with Gasteiger partial charge in [-0.2, -0.15) is 5.10 Å². The normalized spacial score (nSPS) is 11.8. The standard InChI is InChI=1S/C16H21FN4O3S/c1-11-16(25(23,24)20(3)4)12(2)21(19-11)9-8-15(22)18-14-7-5-6-13(17)10-14/h5-7,10H,8-9H2,1-4H3,(H,18,22). The largest absolute Gasteiger partial charge is 0.326 e. The Morgan fingerprint density at radius 2 is 2.00 bits per heavy atom. The lowest BCUT2D eigenvalue weighted by Crippen LogP contribution is -2.23. The number of nitrogens with zero attached hydrogens (tertiary/aromatic N) is 3. The average molecular weight is 368 g/mol. The predicted molar refractivity (Wildman–Crippen MR) is 92.2 cm³/mol. The minimum absolute atomic E-state index is 0.0833. The van der Waals surface area contributed by atoms with Crippen LogP contribution < -0.4 is 5.32 Å². The number of aromatic nitrogens is 2. The number of carbonyl (C=O) groups excluding carboxylic acids is 1. The molecule has 25 heavy (non-hydrogen) atoms. The van der Waals surface area contributed by atoms with Gasteiger partial charge in [-0.3, -0.25) is 9.48 Å². The van der Waals surface area contributed by atoms with Gasteiger partial charge in [0.15, 0.2) is 0 Å². The van der Waals surface area contributed by atoms with Gasteiger partial charge in [-0.05, 0) is 32.0 Å². The van der Waals surface area contributed by atoms with Crippen LogP contribution in [-0.4, -0.2) is 42.5 Å². The lowest BCUT2D eigenvalue weighted by Gasteiger charge is -2.11. The molecule has 9 heteroatoms. The lowest BCUT2D eigenvalue weighted by molar-refractivity contribution is -0.116. The van der Waals surface area contributed by atoms with E-state index in [1.807, 2.05) is 0 Å². The molecule has 0 spiro atoms. The predicted octanol–water partition coefficient (Wildman–Crippen LogP) is 1.92. The number of rotatable bonds is 6. The molecule has 2 aromatic rings. The topological polar surface area (TPSA) is 84.3 Å². The van der Waals surface area contributed by atoms with E-state index in [0.29, 0.717) is 17.1 Å². The summed E-state index contributed by atoms with van der Waals surface area (Å²) < 4.78 is 40.5. The number of amides is 1. The Hall–Kier alpha value is -2.26. The molecule has 1 N–H and O–H groups in total. The Labute approximate surface area is 146 Å². The Morgan fingerprint density at radius 1 is 1.32 bits per heavy atom. The molecule has 0 saturated heterocycles. The molecule has 0 radical (unpaired) electrons. The highest BCUT2D eigenvalue weighted by Crippen LogP contribution is 2.22. The molecule has 0 bridgehead atoms. The second kappa shape index (κ2) is 7.32. The van der Waals surface area contributed by atoms with Crippen molar-refractivity contribution in [2.24, 2.45) is 0 Å². The van der Waals surface area contributed by atoms with Crippen molar-refractivity contribution < 1.29 is 17.6 Å². The maximum absolute atomic E-state index is 13.1. The Morgan fingerprint density at radius 3 is 2.60 bits per heavy atom. The molecule has 0 aliphatic carbocycles. The zero-order chi connectivity index (χ0) is 18.8. The van der Waals surface area contributed by atoms with Crippen molar-refractivity contribution in [3.63, 3.8) is 0 Å². The van der Waals surface area contributed by atoms with Crippen molar-refractivity contribution >= 4 is 21.6 Å². The first-order chi connectivity index (χ1) is 11.6. The molecule has 0 saturated carbocycles. The highest BCUT2D eigenvalue weighted by molar-refractivity contribution is 7.89. The van der Waals surface area contributed by atoms with Gasteiger partial charge in [-0.25, -0.2) is 17.1 Å². The summed E-state index contributed by atoms with van der Waals surface area (Å²) in [4.78, 5) is 12.2. The van der Waals surface area contributed by atoms with Gasteiger partial charge in [0, 0.05) is 26.2 Å². The van der Waals surface area contributed by atoms with Crippen LogP contribution in [0.15, 0.2) is 29.2 Å². The summed E-state index contributed by atoms with van der Waals surface area (Å²) in [5.74, 6) is -0.745. The van der Waals surface area contributed by atoms with Crippen LogP contribution in [0.25, 0.3) is 0 Å². The van der Waals surface area contributed by atoms with E-state index >= 15 is 0 Å². The zero-order valence-corrected chi connectivity index (χ0v) is 15.4. The molecule has 1 heterocycles. The van der Waals surface area contributed by atoms with Gasteiger partial charge in [-0.15, -0.1) is 0 Å². The molecular weight excluding hydrogens is 347 g/mol. The summed E-state index contributed by atoms with van der Waals surface area (Å²) in [5.41, 5.74) is 1.23.